The van der Waals surface area contributed by atoms with Gasteiger partial charge in [0, 0.05) is 24.3 Å². The number of rotatable bonds is 6. The summed E-state index contributed by atoms with van der Waals surface area (Å²) in [6.07, 6.45) is 0. The maximum Gasteiger partial charge on any atom is 0.126 e. The maximum absolute atomic E-state index is 14.9. The Balaban J connectivity index is 1.64. The van der Waals surface area contributed by atoms with Crippen molar-refractivity contribution in [2.24, 2.45) is 0 Å². The Morgan fingerprint density at radius 1 is 0.244 bits per heavy atom. The summed E-state index contributed by atoms with van der Waals surface area (Å²) in [5.74, 6) is -7.01. The van der Waals surface area contributed by atoms with E-state index in [-0.39, 0.29) is 22.3 Å². The predicted molar refractivity (Wildman–Crippen MR) is 155 cm³/mol. The molecule has 0 heterocycles. The Kier molecular flexibility index (Phi) is 7.74. The van der Waals surface area contributed by atoms with E-state index in [0.29, 0.717) is 34.4 Å². The van der Waals surface area contributed by atoms with Crippen LogP contribution in [-0.2, 0) is 5.41 Å². The highest BCUT2D eigenvalue weighted by Crippen LogP contribution is 2.47. The Hall–Kier alpha value is -5.24. The average molecular weight is 617 g/mol. The lowest BCUT2D eigenvalue weighted by Gasteiger charge is -2.37. The number of halogens is 8. The molecule has 224 valence electrons. The molecule has 0 amide bonds. The minimum atomic E-state index is -1.76. The van der Waals surface area contributed by atoms with E-state index in [9.17, 15) is 35.1 Å². The van der Waals surface area contributed by atoms with E-state index in [0.717, 1.165) is 60.7 Å². The van der Waals surface area contributed by atoms with Gasteiger partial charge in [-0.2, -0.15) is 0 Å². The van der Waals surface area contributed by atoms with Crippen LogP contribution in [0.25, 0.3) is 22.3 Å². The summed E-state index contributed by atoms with van der Waals surface area (Å²) in [4.78, 5) is 0. The zero-order chi connectivity index (χ0) is 31.9. The van der Waals surface area contributed by atoms with Gasteiger partial charge in [-0.05, 0) is 93.0 Å². The van der Waals surface area contributed by atoms with Gasteiger partial charge in [0.15, 0.2) is 0 Å². The van der Waals surface area contributed by atoms with E-state index in [4.69, 9.17) is 0 Å². The molecule has 0 aliphatic carbocycles. The first-order valence-electron chi connectivity index (χ1n) is 13.6. The fourth-order valence-electron chi connectivity index (χ4n) is 5.81. The Morgan fingerprint density at radius 2 is 0.489 bits per heavy atom. The molecule has 0 spiro atoms. The third-order valence-electron chi connectivity index (χ3n) is 7.62. The third kappa shape index (κ3) is 5.83. The summed E-state index contributed by atoms with van der Waals surface area (Å²) < 4.78 is 115. The molecule has 0 saturated carbocycles. The van der Waals surface area contributed by atoms with E-state index in [1.807, 2.05) is 0 Å². The summed E-state index contributed by atoms with van der Waals surface area (Å²) >= 11 is 0. The minimum absolute atomic E-state index is 0.0286. The van der Waals surface area contributed by atoms with Crippen molar-refractivity contribution in [1.82, 2.24) is 0 Å². The van der Waals surface area contributed by atoms with Crippen molar-refractivity contribution in [3.63, 3.8) is 0 Å². The van der Waals surface area contributed by atoms with Crippen LogP contribution in [0.5, 0.6) is 0 Å². The van der Waals surface area contributed by atoms with Crippen LogP contribution in [0, 0.1) is 46.5 Å². The predicted octanol–water partition coefficient (Wildman–Crippen LogP) is 10.5. The van der Waals surface area contributed by atoms with Crippen molar-refractivity contribution in [2.75, 3.05) is 0 Å². The van der Waals surface area contributed by atoms with Gasteiger partial charge in [0.25, 0.3) is 0 Å². The van der Waals surface area contributed by atoms with Gasteiger partial charge in [0.05, 0.1) is 5.41 Å². The normalized spacial score (nSPS) is 11.6. The lowest BCUT2D eigenvalue weighted by Crippen LogP contribution is -2.31. The van der Waals surface area contributed by atoms with Crippen molar-refractivity contribution in [2.45, 2.75) is 5.41 Å². The molecule has 0 radical (unpaired) electrons. The second-order valence-electron chi connectivity index (χ2n) is 10.5. The molecule has 45 heavy (non-hydrogen) atoms. The summed E-state index contributed by atoms with van der Waals surface area (Å²) in [7, 11) is 0. The largest absolute Gasteiger partial charge is 0.207 e. The van der Waals surface area contributed by atoms with E-state index >= 15 is 0 Å². The quantitative estimate of drug-likeness (QED) is 0.129. The molecule has 6 aromatic carbocycles. The molecule has 0 saturated heterocycles. The van der Waals surface area contributed by atoms with Crippen molar-refractivity contribution >= 4 is 0 Å². The second-order valence-corrected chi connectivity index (χ2v) is 10.5. The molecule has 6 rings (SSSR count). The van der Waals surface area contributed by atoms with Gasteiger partial charge < -0.3 is 0 Å². The molecule has 0 nitrogen and oxygen atoms in total. The fourth-order valence-corrected chi connectivity index (χ4v) is 5.81. The zero-order valence-electron chi connectivity index (χ0n) is 23.1. The van der Waals surface area contributed by atoms with E-state index in [1.54, 1.807) is 0 Å². The highest BCUT2D eigenvalue weighted by atomic mass is 19.2. The summed E-state index contributed by atoms with van der Waals surface area (Å²) in [5.41, 5.74) is -0.0160. The van der Waals surface area contributed by atoms with Crippen molar-refractivity contribution < 1.29 is 35.1 Å². The van der Waals surface area contributed by atoms with E-state index in [2.05, 4.69) is 0 Å². The Bertz CT molecular complexity index is 1800. The van der Waals surface area contributed by atoms with Gasteiger partial charge in [-0.25, -0.2) is 35.1 Å². The van der Waals surface area contributed by atoms with Gasteiger partial charge in [-0.15, -0.1) is 0 Å². The van der Waals surface area contributed by atoms with Gasteiger partial charge in [-0.3, -0.25) is 0 Å². The van der Waals surface area contributed by atoms with E-state index in [1.165, 1.54) is 48.5 Å². The lowest BCUT2D eigenvalue weighted by atomic mass is 9.64. The molecule has 6 aromatic rings. The number of hydrogen-bond donors (Lipinski definition) is 0. The highest BCUT2D eigenvalue weighted by Gasteiger charge is 2.40. The van der Waals surface area contributed by atoms with Crippen LogP contribution in [0.1, 0.15) is 22.3 Å². The second kappa shape index (κ2) is 11.7. The average Bonchev–Trinajstić information content (AvgIpc) is 2.96. The van der Waals surface area contributed by atoms with Crippen LogP contribution in [0.3, 0.4) is 0 Å². The van der Waals surface area contributed by atoms with Gasteiger partial charge in [0.1, 0.15) is 46.5 Å². The molecule has 0 unspecified atom stereocenters. The summed E-state index contributed by atoms with van der Waals surface area (Å²) in [6, 6.07) is 23.6. The van der Waals surface area contributed by atoms with Crippen LogP contribution in [0.2, 0.25) is 0 Å². The highest BCUT2D eigenvalue weighted by molar-refractivity contribution is 5.69. The maximum atomic E-state index is 14.9. The third-order valence-corrected chi connectivity index (χ3v) is 7.62. The van der Waals surface area contributed by atoms with Crippen LogP contribution in [-0.4, -0.2) is 0 Å². The Morgan fingerprint density at radius 3 is 0.756 bits per heavy atom. The van der Waals surface area contributed by atoms with Crippen LogP contribution >= 0.6 is 0 Å². The van der Waals surface area contributed by atoms with Crippen molar-refractivity contribution in [1.29, 1.82) is 0 Å². The zero-order valence-corrected chi connectivity index (χ0v) is 23.1. The van der Waals surface area contributed by atoms with Crippen LogP contribution in [0.15, 0.2) is 121 Å². The number of hydrogen-bond acceptors (Lipinski definition) is 0. The number of benzene rings is 6. The van der Waals surface area contributed by atoms with Gasteiger partial charge in [0.2, 0.25) is 0 Å². The summed E-state index contributed by atoms with van der Waals surface area (Å²) in [5, 5.41) is 0. The Labute approximate surface area is 252 Å². The molecule has 0 bridgehead atoms. The molecule has 0 N–H and O–H groups in total. The molecule has 0 atom stereocenters. The molecule has 0 aromatic heterocycles. The first-order valence-corrected chi connectivity index (χ1v) is 13.6. The summed E-state index contributed by atoms with van der Waals surface area (Å²) in [6.45, 7) is 0. The van der Waals surface area contributed by atoms with Crippen molar-refractivity contribution in [3.05, 3.63) is 190 Å². The van der Waals surface area contributed by atoms with Gasteiger partial charge in [-0.1, -0.05) is 48.5 Å². The molecular formula is C37H20F8. The fraction of sp³-hybridized carbons (Fsp3) is 0.0270. The molecule has 0 aliphatic rings. The smallest absolute Gasteiger partial charge is 0.126 e. The molecular weight excluding hydrogens is 596 g/mol. The standard InChI is InChI=1S/C37H20F8/c38-29-9-23(10-30(39)17-29)21-1-5-25(6-2-21)37(27-13-33(42)19-34(43)14-27,28-15-35(44)20-36(45)16-28)26-7-3-22(4-8-26)24-11-31(40)18-32(41)12-24/h1-20H. The first kappa shape index (κ1) is 29.8. The van der Waals surface area contributed by atoms with Crippen molar-refractivity contribution in [3.8, 4) is 22.3 Å². The van der Waals surface area contributed by atoms with Crippen LogP contribution < -0.4 is 0 Å². The monoisotopic (exact) mass is 616 g/mol. The molecule has 8 heteroatoms. The lowest BCUT2D eigenvalue weighted by molar-refractivity contribution is 0.564. The molecule has 0 aliphatic heterocycles. The van der Waals surface area contributed by atoms with Gasteiger partial charge >= 0.3 is 0 Å². The van der Waals surface area contributed by atoms with Crippen LogP contribution in [0.4, 0.5) is 35.1 Å². The topological polar surface area (TPSA) is 0 Å². The minimum Gasteiger partial charge on any atom is -0.207 e. The SMILES string of the molecule is Fc1cc(F)cc(-c2ccc(C(c3ccc(-c4cc(F)cc(F)c4)cc3)(c3cc(F)cc(F)c3)c3cc(F)cc(F)c3)cc2)c1. The van der Waals surface area contributed by atoms with E-state index < -0.39 is 52.0 Å². The molecule has 0 fully saturated rings. The first-order chi connectivity index (χ1) is 21.5.